The number of fused-ring (bicyclic) bond motifs is 1. The SMILES string of the molecule is CC1(C)OC2CC1(C(=O)O)C2. The van der Waals surface area contributed by atoms with E-state index in [-0.39, 0.29) is 6.10 Å². The molecular weight excluding hydrogens is 144 g/mol. The molecule has 0 aromatic carbocycles. The van der Waals surface area contributed by atoms with E-state index in [1.165, 1.54) is 0 Å². The van der Waals surface area contributed by atoms with Crippen molar-refractivity contribution in [2.45, 2.75) is 38.4 Å². The molecule has 1 aliphatic carbocycles. The fraction of sp³-hybridized carbons (Fsp3) is 0.875. The summed E-state index contributed by atoms with van der Waals surface area (Å²) in [5.74, 6) is -0.698. The molecule has 0 amide bonds. The molecule has 3 nitrogen and oxygen atoms in total. The lowest BCUT2D eigenvalue weighted by atomic mass is 9.62. The summed E-state index contributed by atoms with van der Waals surface area (Å²) in [7, 11) is 0. The van der Waals surface area contributed by atoms with E-state index in [0.717, 1.165) is 0 Å². The van der Waals surface area contributed by atoms with Crippen LogP contribution in [0.25, 0.3) is 0 Å². The molecule has 0 aromatic heterocycles. The smallest absolute Gasteiger partial charge is 0.312 e. The minimum atomic E-state index is -0.698. The predicted octanol–water partition coefficient (Wildman–Crippen LogP) is 1.03. The second kappa shape index (κ2) is 1.61. The summed E-state index contributed by atoms with van der Waals surface area (Å²) in [5, 5.41) is 8.97. The molecule has 3 fully saturated rings. The third-order valence-electron chi connectivity index (χ3n) is 3.18. The molecule has 11 heavy (non-hydrogen) atoms. The lowest BCUT2D eigenvalue weighted by Gasteiger charge is -2.37. The average molecular weight is 156 g/mol. The first-order chi connectivity index (χ1) is 4.98. The van der Waals surface area contributed by atoms with Gasteiger partial charge in [-0.15, -0.1) is 0 Å². The van der Waals surface area contributed by atoms with E-state index in [1.807, 2.05) is 13.8 Å². The minimum Gasteiger partial charge on any atom is -0.481 e. The molecule has 0 radical (unpaired) electrons. The summed E-state index contributed by atoms with van der Waals surface area (Å²) in [6, 6.07) is 0. The van der Waals surface area contributed by atoms with Crippen LogP contribution in [-0.2, 0) is 9.53 Å². The van der Waals surface area contributed by atoms with Gasteiger partial charge < -0.3 is 9.84 Å². The second-order valence-electron chi connectivity index (χ2n) is 4.05. The van der Waals surface area contributed by atoms with E-state index < -0.39 is 17.0 Å². The lowest BCUT2D eigenvalue weighted by molar-refractivity contribution is -0.156. The van der Waals surface area contributed by atoms with Crippen LogP contribution in [0.2, 0.25) is 0 Å². The first kappa shape index (κ1) is 7.10. The quantitative estimate of drug-likeness (QED) is 0.616. The third kappa shape index (κ3) is 0.601. The molecule has 3 rings (SSSR count). The van der Waals surface area contributed by atoms with Crippen LogP contribution in [0.4, 0.5) is 0 Å². The molecule has 62 valence electrons. The fourth-order valence-corrected chi connectivity index (χ4v) is 2.25. The average Bonchev–Trinajstić information content (AvgIpc) is 2.10. The highest BCUT2D eigenvalue weighted by molar-refractivity contribution is 5.78. The van der Waals surface area contributed by atoms with Crippen LogP contribution in [0.3, 0.4) is 0 Å². The molecule has 2 saturated heterocycles. The third-order valence-corrected chi connectivity index (χ3v) is 3.18. The summed E-state index contributed by atoms with van der Waals surface area (Å²) in [6.07, 6.45) is 1.62. The molecule has 1 saturated carbocycles. The molecule has 2 aliphatic heterocycles. The van der Waals surface area contributed by atoms with Gasteiger partial charge in [0, 0.05) is 0 Å². The Labute approximate surface area is 65.4 Å². The zero-order valence-corrected chi connectivity index (χ0v) is 6.76. The first-order valence-corrected chi connectivity index (χ1v) is 3.89. The van der Waals surface area contributed by atoms with Crippen molar-refractivity contribution in [1.29, 1.82) is 0 Å². The topological polar surface area (TPSA) is 46.5 Å². The molecule has 3 aliphatic rings. The Bertz CT molecular complexity index is 213. The van der Waals surface area contributed by atoms with Crippen molar-refractivity contribution in [1.82, 2.24) is 0 Å². The second-order valence-corrected chi connectivity index (χ2v) is 4.05. The van der Waals surface area contributed by atoms with Gasteiger partial charge in [0.15, 0.2) is 0 Å². The Hall–Kier alpha value is -0.570. The molecule has 3 heteroatoms. The van der Waals surface area contributed by atoms with Gasteiger partial charge in [-0.05, 0) is 26.7 Å². The zero-order valence-electron chi connectivity index (χ0n) is 6.76. The maximum absolute atomic E-state index is 10.9. The van der Waals surface area contributed by atoms with E-state index in [2.05, 4.69) is 0 Å². The first-order valence-electron chi connectivity index (χ1n) is 3.89. The van der Waals surface area contributed by atoms with Crippen molar-refractivity contribution in [3.63, 3.8) is 0 Å². The van der Waals surface area contributed by atoms with E-state index in [1.54, 1.807) is 0 Å². The van der Waals surface area contributed by atoms with Gasteiger partial charge >= 0.3 is 5.97 Å². The molecule has 0 atom stereocenters. The normalized spacial score (nSPS) is 45.1. The van der Waals surface area contributed by atoms with Crippen molar-refractivity contribution < 1.29 is 14.6 Å². The van der Waals surface area contributed by atoms with Crippen molar-refractivity contribution >= 4 is 5.97 Å². The Morgan fingerprint density at radius 3 is 2.27 bits per heavy atom. The number of aliphatic carboxylic acids is 1. The van der Waals surface area contributed by atoms with Gasteiger partial charge in [-0.1, -0.05) is 0 Å². The maximum Gasteiger partial charge on any atom is 0.312 e. The number of carboxylic acid groups (broad SMARTS) is 1. The van der Waals surface area contributed by atoms with E-state index in [4.69, 9.17) is 9.84 Å². The van der Waals surface area contributed by atoms with Crippen LogP contribution in [0.1, 0.15) is 26.7 Å². The van der Waals surface area contributed by atoms with Gasteiger partial charge in [-0.2, -0.15) is 0 Å². The van der Waals surface area contributed by atoms with E-state index in [0.29, 0.717) is 12.8 Å². The van der Waals surface area contributed by atoms with Crippen LogP contribution in [0.15, 0.2) is 0 Å². The van der Waals surface area contributed by atoms with E-state index >= 15 is 0 Å². The van der Waals surface area contributed by atoms with Gasteiger partial charge in [0.1, 0.15) is 5.41 Å². The predicted molar refractivity (Wildman–Crippen MR) is 38.3 cm³/mol. The Morgan fingerprint density at radius 2 is 2.09 bits per heavy atom. The highest BCUT2D eigenvalue weighted by atomic mass is 16.5. The molecule has 0 unspecified atom stereocenters. The summed E-state index contributed by atoms with van der Waals surface area (Å²) in [6.45, 7) is 3.74. The van der Waals surface area contributed by atoms with Crippen LogP contribution in [0, 0.1) is 5.41 Å². The van der Waals surface area contributed by atoms with Gasteiger partial charge in [0.05, 0.1) is 11.7 Å². The van der Waals surface area contributed by atoms with Crippen molar-refractivity contribution in [2.24, 2.45) is 5.41 Å². The monoisotopic (exact) mass is 156 g/mol. The highest BCUT2D eigenvalue weighted by Gasteiger charge is 2.68. The summed E-state index contributed by atoms with van der Waals surface area (Å²) < 4.78 is 5.51. The largest absolute Gasteiger partial charge is 0.481 e. The lowest BCUT2D eigenvalue weighted by Crippen LogP contribution is -2.48. The summed E-state index contributed by atoms with van der Waals surface area (Å²) >= 11 is 0. The minimum absolute atomic E-state index is 0.209. The Morgan fingerprint density at radius 1 is 1.55 bits per heavy atom. The number of carboxylic acids is 1. The molecular formula is C8H12O3. The van der Waals surface area contributed by atoms with Crippen LogP contribution < -0.4 is 0 Å². The standard InChI is InChI=1S/C8H12O3/c1-7(2)8(6(9)10)3-5(4-8)11-7/h5H,3-4H2,1-2H3,(H,9,10). The summed E-state index contributed by atoms with van der Waals surface area (Å²) in [5.41, 5.74) is -1.03. The summed E-state index contributed by atoms with van der Waals surface area (Å²) in [4.78, 5) is 10.9. The van der Waals surface area contributed by atoms with Crippen molar-refractivity contribution in [3.8, 4) is 0 Å². The van der Waals surface area contributed by atoms with Crippen LogP contribution >= 0.6 is 0 Å². The highest BCUT2D eigenvalue weighted by Crippen LogP contribution is 2.60. The zero-order chi connectivity index (χ0) is 8.28. The van der Waals surface area contributed by atoms with Crippen LogP contribution in [-0.4, -0.2) is 22.8 Å². The van der Waals surface area contributed by atoms with E-state index in [9.17, 15) is 4.79 Å². The number of rotatable bonds is 1. The fourth-order valence-electron chi connectivity index (χ4n) is 2.25. The maximum atomic E-state index is 10.9. The molecule has 2 heterocycles. The number of hydrogen-bond donors (Lipinski definition) is 1. The van der Waals surface area contributed by atoms with Gasteiger partial charge in [0.2, 0.25) is 0 Å². The van der Waals surface area contributed by atoms with Gasteiger partial charge in [-0.25, -0.2) is 0 Å². The van der Waals surface area contributed by atoms with Crippen LogP contribution in [0.5, 0.6) is 0 Å². The van der Waals surface area contributed by atoms with Gasteiger partial charge in [0.25, 0.3) is 0 Å². The van der Waals surface area contributed by atoms with Crippen molar-refractivity contribution in [2.75, 3.05) is 0 Å². The Kier molecular flexibility index (Phi) is 1.04. The number of hydrogen-bond acceptors (Lipinski definition) is 2. The van der Waals surface area contributed by atoms with Crippen molar-refractivity contribution in [3.05, 3.63) is 0 Å². The molecule has 0 spiro atoms. The Balaban J connectivity index is 2.35. The number of carbonyl (C=O) groups is 1. The molecule has 2 bridgehead atoms. The molecule has 0 aromatic rings. The number of ether oxygens (including phenoxy) is 1. The molecule has 1 N–H and O–H groups in total. The van der Waals surface area contributed by atoms with Gasteiger partial charge in [-0.3, -0.25) is 4.79 Å².